The highest BCUT2D eigenvalue weighted by Gasteiger charge is 2.53. The second kappa shape index (κ2) is 6.23. The van der Waals surface area contributed by atoms with Gasteiger partial charge < -0.3 is 9.47 Å². The fraction of sp³-hybridized carbons (Fsp3) is 0.667. The van der Waals surface area contributed by atoms with Gasteiger partial charge in [0.15, 0.2) is 0 Å². The normalized spacial score (nSPS) is 28.9. The minimum atomic E-state index is -3.15. The number of nitrogens with zero attached hydrogens (tertiary/aromatic N) is 2. The molecule has 3 rings (SSSR count). The third-order valence-corrected chi connectivity index (χ3v) is 6.41. The number of sulfonamides is 1. The van der Waals surface area contributed by atoms with E-state index in [2.05, 4.69) is 4.98 Å². The van der Waals surface area contributed by atoms with E-state index in [0.29, 0.717) is 39.5 Å². The van der Waals surface area contributed by atoms with E-state index < -0.39 is 10.0 Å². The summed E-state index contributed by atoms with van der Waals surface area (Å²) in [5.41, 5.74) is 0.669. The van der Waals surface area contributed by atoms with Gasteiger partial charge in [-0.2, -0.15) is 0 Å². The molecule has 2 aliphatic heterocycles. The van der Waals surface area contributed by atoms with Gasteiger partial charge in [0.1, 0.15) is 0 Å². The Morgan fingerprint density at radius 2 is 2.36 bits per heavy atom. The number of ether oxygens (including phenoxy) is 2. The van der Waals surface area contributed by atoms with Crippen LogP contribution in [0.15, 0.2) is 24.4 Å². The maximum absolute atomic E-state index is 12.1. The fourth-order valence-electron chi connectivity index (χ4n) is 3.22. The Balaban J connectivity index is 1.63. The quantitative estimate of drug-likeness (QED) is 0.777. The van der Waals surface area contributed by atoms with E-state index in [9.17, 15) is 8.42 Å². The van der Waals surface area contributed by atoms with Crippen molar-refractivity contribution >= 4 is 10.0 Å². The van der Waals surface area contributed by atoms with Gasteiger partial charge in [-0.1, -0.05) is 6.07 Å². The molecule has 2 fully saturated rings. The average Bonchev–Trinajstić information content (AvgIpc) is 3.06. The monoisotopic (exact) mass is 326 g/mol. The van der Waals surface area contributed by atoms with Crippen molar-refractivity contribution in [2.75, 3.05) is 38.7 Å². The van der Waals surface area contributed by atoms with Gasteiger partial charge in [-0.15, -0.1) is 0 Å². The second-order valence-electron chi connectivity index (χ2n) is 6.08. The van der Waals surface area contributed by atoms with E-state index in [1.807, 2.05) is 18.2 Å². The third-order valence-electron chi connectivity index (χ3n) is 4.61. The molecule has 0 amide bonds. The minimum Gasteiger partial charge on any atom is -0.380 e. The Labute approximate surface area is 131 Å². The molecule has 0 unspecified atom stereocenters. The van der Waals surface area contributed by atoms with Crippen LogP contribution in [0.3, 0.4) is 0 Å². The molecular formula is C15H22N2O4S. The molecule has 3 heterocycles. The highest BCUT2D eigenvalue weighted by Crippen LogP contribution is 2.42. The summed E-state index contributed by atoms with van der Waals surface area (Å²) >= 11 is 0. The van der Waals surface area contributed by atoms with Crippen molar-refractivity contribution in [1.29, 1.82) is 0 Å². The van der Waals surface area contributed by atoms with E-state index in [1.165, 1.54) is 0 Å². The van der Waals surface area contributed by atoms with Crippen molar-refractivity contribution in [1.82, 2.24) is 9.29 Å². The lowest BCUT2D eigenvalue weighted by Crippen LogP contribution is -2.37. The second-order valence-corrected chi connectivity index (χ2v) is 8.34. The van der Waals surface area contributed by atoms with Crippen LogP contribution in [0.5, 0.6) is 0 Å². The number of rotatable bonds is 6. The molecule has 0 radical (unpaired) electrons. The molecule has 6 nitrogen and oxygen atoms in total. The van der Waals surface area contributed by atoms with Crippen LogP contribution in [-0.2, 0) is 26.1 Å². The molecule has 22 heavy (non-hydrogen) atoms. The van der Waals surface area contributed by atoms with Gasteiger partial charge >= 0.3 is 0 Å². The molecule has 1 aromatic rings. The molecule has 122 valence electrons. The summed E-state index contributed by atoms with van der Waals surface area (Å²) < 4.78 is 37.2. The van der Waals surface area contributed by atoms with Crippen LogP contribution in [0.2, 0.25) is 0 Å². The maximum atomic E-state index is 12.1. The van der Waals surface area contributed by atoms with E-state index in [1.54, 1.807) is 17.4 Å². The highest BCUT2D eigenvalue weighted by molar-refractivity contribution is 7.89. The van der Waals surface area contributed by atoms with E-state index >= 15 is 0 Å². The van der Waals surface area contributed by atoms with E-state index in [4.69, 9.17) is 9.47 Å². The van der Waals surface area contributed by atoms with Gasteiger partial charge in [-0.25, -0.2) is 12.7 Å². The van der Waals surface area contributed by atoms with Gasteiger partial charge in [-0.05, 0) is 19.1 Å². The van der Waals surface area contributed by atoms with Crippen LogP contribution in [0.1, 0.15) is 12.6 Å². The van der Waals surface area contributed by atoms with Crippen molar-refractivity contribution in [2.24, 2.45) is 11.3 Å². The summed E-state index contributed by atoms with van der Waals surface area (Å²) in [6.07, 6.45) is 1.74. The Morgan fingerprint density at radius 1 is 1.50 bits per heavy atom. The predicted octanol–water partition coefficient (Wildman–Crippen LogP) is 0.896. The number of aromatic nitrogens is 1. The van der Waals surface area contributed by atoms with Crippen LogP contribution in [0.4, 0.5) is 0 Å². The molecule has 1 aromatic heterocycles. The SMILES string of the molecule is CCS(=O)(=O)N1C[C@@H]2COC[C@]2(COCc2ccccn2)C1. The van der Waals surface area contributed by atoms with Crippen LogP contribution in [0.25, 0.3) is 0 Å². The molecule has 0 N–H and O–H groups in total. The van der Waals surface area contributed by atoms with Crippen molar-refractivity contribution in [3.05, 3.63) is 30.1 Å². The Bertz CT molecular complexity index is 607. The predicted molar refractivity (Wildman–Crippen MR) is 81.7 cm³/mol. The molecule has 7 heteroatoms. The number of hydrogen-bond acceptors (Lipinski definition) is 5. The number of hydrogen-bond donors (Lipinski definition) is 0. The summed E-state index contributed by atoms with van der Waals surface area (Å²) in [7, 11) is -3.15. The smallest absolute Gasteiger partial charge is 0.213 e. The lowest BCUT2D eigenvalue weighted by Gasteiger charge is -2.26. The first-order valence-corrected chi connectivity index (χ1v) is 9.20. The third kappa shape index (κ3) is 3.03. The van der Waals surface area contributed by atoms with E-state index in [-0.39, 0.29) is 17.1 Å². The molecule has 0 spiro atoms. The van der Waals surface area contributed by atoms with Crippen molar-refractivity contribution in [3.8, 4) is 0 Å². The highest BCUT2D eigenvalue weighted by atomic mass is 32.2. The summed E-state index contributed by atoms with van der Waals surface area (Å²) in [5.74, 6) is 0.364. The zero-order valence-corrected chi connectivity index (χ0v) is 13.6. The van der Waals surface area contributed by atoms with Crippen LogP contribution >= 0.6 is 0 Å². The Kier molecular flexibility index (Phi) is 4.49. The average molecular weight is 326 g/mol. The minimum absolute atomic E-state index is 0.144. The lowest BCUT2D eigenvalue weighted by atomic mass is 9.82. The summed E-state index contributed by atoms with van der Waals surface area (Å²) in [6.45, 7) is 4.85. The standard InChI is InChI=1S/C15H22N2O4S/c1-2-22(18,19)17-7-13-8-20-11-15(13,10-17)12-21-9-14-5-3-4-6-16-14/h3-6,13H,2,7-12H2,1H3/t13-,15+/m1/s1. The van der Waals surface area contributed by atoms with Gasteiger partial charge in [0.05, 0.1) is 37.9 Å². The largest absolute Gasteiger partial charge is 0.380 e. The lowest BCUT2D eigenvalue weighted by molar-refractivity contribution is 0.0212. The van der Waals surface area contributed by atoms with Crippen LogP contribution in [-0.4, -0.2) is 56.4 Å². The molecule has 0 aromatic carbocycles. The number of pyridine rings is 1. The van der Waals surface area contributed by atoms with Crippen LogP contribution in [0, 0.1) is 11.3 Å². The zero-order valence-electron chi connectivity index (χ0n) is 12.8. The van der Waals surface area contributed by atoms with E-state index in [0.717, 1.165) is 5.69 Å². The van der Waals surface area contributed by atoms with Gasteiger partial charge in [0, 0.05) is 30.6 Å². The topological polar surface area (TPSA) is 68.7 Å². The molecule has 0 aliphatic carbocycles. The molecule has 2 saturated heterocycles. The molecule has 2 aliphatic rings. The first-order chi connectivity index (χ1) is 10.6. The van der Waals surface area contributed by atoms with Crippen molar-refractivity contribution in [2.45, 2.75) is 13.5 Å². The summed E-state index contributed by atoms with van der Waals surface area (Å²) in [5, 5.41) is 0. The maximum Gasteiger partial charge on any atom is 0.213 e. The van der Waals surface area contributed by atoms with Gasteiger partial charge in [-0.3, -0.25) is 4.98 Å². The van der Waals surface area contributed by atoms with Gasteiger partial charge in [0.2, 0.25) is 10.0 Å². The first-order valence-electron chi connectivity index (χ1n) is 7.59. The zero-order chi connectivity index (χ0) is 15.6. The van der Waals surface area contributed by atoms with Gasteiger partial charge in [0.25, 0.3) is 0 Å². The van der Waals surface area contributed by atoms with Crippen molar-refractivity contribution in [3.63, 3.8) is 0 Å². The molecule has 0 saturated carbocycles. The molecule has 2 atom stereocenters. The van der Waals surface area contributed by atoms with Crippen molar-refractivity contribution < 1.29 is 17.9 Å². The molecule has 0 bridgehead atoms. The Morgan fingerprint density at radius 3 is 3.09 bits per heavy atom. The van der Waals surface area contributed by atoms with Crippen LogP contribution < -0.4 is 0 Å². The first kappa shape index (κ1) is 15.9. The fourth-order valence-corrected chi connectivity index (χ4v) is 4.45. The summed E-state index contributed by atoms with van der Waals surface area (Å²) in [6, 6.07) is 5.72. The summed E-state index contributed by atoms with van der Waals surface area (Å²) in [4.78, 5) is 4.23. The number of fused-ring (bicyclic) bond motifs is 1. The Hall–Kier alpha value is -1.02. The molecular weight excluding hydrogens is 304 g/mol.